The number of rotatable bonds is 3. The van der Waals surface area contributed by atoms with Crippen LogP contribution < -0.4 is 11.1 Å². The maximum Gasteiger partial charge on any atom is 0.314 e. The first-order valence-corrected chi connectivity index (χ1v) is 9.14. The number of fused-ring (bicyclic) bond motifs is 3. The van der Waals surface area contributed by atoms with E-state index in [9.17, 15) is 9.59 Å². The minimum atomic E-state index is -0.615. The van der Waals surface area contributed by atoms with Crippen LogP contribution in [0.15, 0.2) is 50.5 Å². The smallest absolute Gasteiger partial charge is 0.314 e. The minimum absolute atomic E-state index is 0.599. The molecule has 4 rings (SSSR count). The molecule has 6 heteroatoms. The van der Waals surface area contributed by atoms with Crippen LogP contribution in [-0.4, -0.2) is 28.0 Å². The molecular formula is C19H18BrN3O2. The van der Waals surface area contributed by atoms with E-state index in [0.717, 1.165) is 48.0 Å². The summed E-state index contributed by atoms with van der Waals surface area (Å²) in [5.74, 6) is 0. The van der Waals surface area contributed by atoms with Gasteiger partial charge in [0.2, 0.25) is 0 Å². The average Bonchev–Trinajstić information content (AvgIpc) is 2.63. The summed E-state index contributed by atoms with van der Waals surface area (Å²) in [4.78, 5) is 31.2. The van der Waals surface area contributed by atoms with Gasteiger partial charge in [-0.2, -0.15) is 0 Å². The lowest BCUT2D eigenvalue weighted by molar-refractivity contribution is 0.258. The van der Waals surface area contributed by atoms with Gasteiger partial charge in [0, 0.05) is 24.1 Å². The van der Waals surface area contributed by atoms with Gasteiger partial charge in [0.15, 0.2) is 0 Å². The zero-order valence-electron chi connectivity index (χ0n) is 13.6. The summed E-state index contributed by atoms with van der Waals surface area (Å²) in [7, 11) is 0. The van der Waals surface area contributed by atoms with Crippen molar-refractivity contribution in [3.63, 3.8) is 0 Å². The van der Waals surface area contributed by atoms with E-state index in [-0.39, 0.29) is 0 Å². The van der Waals surface area contributed by atoms with Gasteiger partial charge in [0.05, 0.1) is 11.0 Å². The highest BCUT2D eigenvalue weighted by Gasteiger charge is 2.21. The van der Waals surface area contributed by atoms with Gasteiger partial charge in [-0.15, -0.1) is 0 Å². The molecule has 1 aliphatic heterocycles. The number of nitrogens with zero attached hydrogens (tertiary/aromatic N) is 1. The van der Waals surface area contributed by atoms with Gasteiger partial charge in [0.1, 0.15) is 0 Å². The van der Waals surface area contributed by atoms with Crippen LogP contribution in [0.1, 0.15) is 16.7 Å². The second-order valence-electron chi connectivity index (χ2n) is 6.41. The predicted molar refractivity (Wildman–Crippen MR) is 102 cm³/mol. The molecule has 0 saturated carbocycles. The second kappa shape index (κ2) is 6.61. The summed E-state index contributed by atoms with van der Waals surface area (Å²) in [6.07, 6.45) is 1.91. The Morgan fingerprint density at radius 1 is 1.04 bits per heavy atom. The first kappa shape index (κ1) is 16.3. The molecule has 0 fully saturated rings. The monoisotopic (exact) mass is 399 g/mol. The Morgan fingerprint density at radius 3 is 2.60 bits per heavy atom. The molecule has 25 heavy (non-hydrogen) atoms. The zero-order valence-corrected chi connectivity index (χ0v) is 15.2. The topological polar surface area (TPSA) is 69.0 Å². The minimum Gasteiger partial charge on any atom is -0.316 e. The van der Waals surface area contributed by atoms with Gasteiger partial charge in [-0.1, -0.05) is 46.3 Å². The highest BCUT2D eigenvalue weighted by Crippen LogP contribution is 2.31. The summed E-state index contributed by atoms with van der Waals surface area (Å²) in [6, 6.07) is 12.3. The van der Waals surface area contributed by atoms with E-state index in [4.69, 9.17) is 0 Å². The molecule has 1 aromatic heterocycles. The van der Waals surface area contributed by atoms with E-state index in [1.807, 2.05) is 12.1 Å². The summed E-state index contributed by atoms with van der Waals surface area (Å²) >= 11 is 3.61. The molecule has 5 nitrogen and oxygen atoms in total. The number of hydrogen-bond donors (Lipinski definition) is 2. The third-order valence-electron chi connectivity index (χ3n) is 4.81. The van der Waals surface area contributed by atoms with Crippen LogP contribution >= 0.6 is 15.9 Å². The van der Waals surface area contributed by atoms with Crippen LogP contribution in [-0.2, 0) is 19.4 Å². The molecule has 2 heterocycles. The fraction of sp³-hybridized carbons (Fsp3) is 0.263. The largest absolute Gasteiger partial charge is 0.316 e. The van der Waals surface area contributed by atoms with E-state index in [1.165, 1.54) is 11.1 Å². The number of H-pyrrole nitrogens is 2. The lowest BCUT2D eigenvalue weighted by Crippen LogP contribution is -2.34. The predicted octanol–water partition coefficient (Wildman–Crippen LogP) is 2.58. The average molecular weight is 400 g/mol. The summed E-state index contributed by atoms with van der Waals surface area (Å²) in [5.41, 5.74) is 3.83. The molecule has 0 saturated heterocycles. The zero-order chi connectivity index (χ0) is 17.4. The van der Waals surface area contributed by atoms with E-state index >= 15 is 0 Å². The molecule has 128 valence electrons. The fourth-order valence-corrected chi connectivity index (χ4v) is 4.14. The maximum absolute atomic E-state index is 11.8. The summed E-state index contributed by atoms with van der Waals surface area (Å²) < 4.78 is 0.986. The Hall–Kier alpha value is -2.18. The molecule has 0 unspecified atom stereocenters. The van der Waals surface area contributed by atoms with Gasteiger partial charge >= 0.3 is 11.1 Å². The van der Waals surface area contributed by atoms with Crippen molar-refractivity contribution in [2.24, 2.45) is 0 Å². The van der Waals surface area contributed by atoms with Gasteiger partial charge in [-0.05, 0) is 35.6 Å². The third kappa shape index (κ3) is 3.19. The Kier molecular flexibility index (Phi) is 4.31. The highest BCUT2D eigenvalue weighted by atomic mass is 79.9. The molecule has 1 aliphatic rings. The molecule has 0 atom stereocenters. The molecular weight excluding hydrogens is 382 g/mol. The molecule has 0 aliphatic carbocycles. The van der Waals surface area contributed by atoms with Crippen molar-refractivity contribution in [2.45, 2.75) is 19.4 Å². The van der Waals surface area contributed by atoms with Crippen molar-refractivity contribution in [3.8, 4) is 0 Å². The number of halogens is 1. The maximum atomic E-state index is 11.8. The highest BCUT2D eigenvalue weighted by molar-refractivity contribution is 9.10. The van der Waals surface area contributed by atoms with Gasteiger partial charge in [0.25, 0.3) is 0 Å². The van der Waals surface area contributed by atoms with Gasteiger partial charge < -0.3 is 9.97 Å². The molecule has 2 N–H and O–H groups in total. The number of benzene rings is 2. The molecule has 0 spiro atoms. The van der Waals surface area contributed by atoms with E-state index in [2.05, 4.69) is 55.1 Å². The van der Waals surface area contributed by atoms with Crippen LogP contribution in [0.3, 0.4) is 0 Å². The molecule has 0 amide bonds. The van der Waals surface area contributed by atoms with E-state index in [1.54, 1.807) is 0 Å². The SMILES string of the molecule is O=c1[nH]c2cc(Br)c3c(c2[nH]c1=O)CN(CCc1ccccc1)CC3. The number of nitrogens with one attached hydrogen (secondary N) is 2. The van der Waals surface area contributed by atoms with Crippen molar-refractivity contribution >= 4 is 27.0 Å². The van der Waals surface area contributed by atoms with Crippen molar-refractivity contribution in [2.75, 3.05) is 13.1 Å². The van der Waals surface area contributed by atoms with Gasteiger partial charge in [-0.3, -0.25) is 14.5 Å². The van der Waals surface area contributed by atoms with Gasteiger partial charge in [-0.25, -0.2) is 0 Å². The molecule has 3 aromatic rings. The Morgan fingerprint density at radius 2 is 1.80 bits per heavy atom. The van der Waals surface area contributed by atoms with Crippen LogP contribution in [0.2, 0.25) is 0 Å². The molecule has 0 radical (unpaired) electrons. The van der Waals surface area contributed by atoms with E-state index < -0.39 is 11.1 Å². The normalized spacial score (nSPS) is 14.6. The lowest BCUT2D eigenvalue weighted by atomic mass is 9.97. The lowest BCUT2D eigenvalue weighted by Gasteiger charge is -2.30. The van der Waals surface area contributed by atoms with Crippen molar-refractivity contribution in [1.82, 2.24) is 14.9 Å². The van der Waals surface area contributed by atoms with Crippen molar-refractivity contribution in [3.05, 3.63) is 78.3 Å². The number of aromatic amines is 2. The quantitative estimate of drug-likeness (QED) is 0.665. The van der Waals surface area contributed by atoms with Crippen LogP contribution in [0.25, 0.3) is 11.0 Å². The van der Waals surface area contributed by atoms with E-state index in [0.29, 0.717) is 5.52 Å². The van der Waals surface area contributed by atoms with Crippen LogP contribution in [0.4, 0.5) is 0 Å². The molecule has 2 aromatic carbocycles. The fourth-order valence-electron chi connectivity index (χ4n) is 3.47. The van der Waals surface area contributed by atoms with Crippen molar-refractivity contribution in [1.29, 1.82) is 0 Å². The summed E-state index contributed by atoms with van der Waals surface area (Å²) in [6.45, 7) is 2.71. The van der Waals surface area contributed by atoms with Crippen molar-refractivity contribution < 1.29 is 0 Å². The number of aromatic nitrogens is 2. The molecule has 0 bridgehead atoms. The van der Waals surface area contributed by atoms with Crippen LogP contribution in [0.5, 0.6) is 0 Å². The van der Waals surface area contributed by atoms with Crippen LogP contribution in [0, 0.1) is 0 Å². The third-order valence-corrected chi connectivity index (χ3v) is 5.51. The Labute approximate surface area is 152 Å². The number of hydrogen-bond acceptors (Lipinski definition) is 3. The Bertz CT molecular complexity index is 1040. The standard InChI is InChI=1S/C19H18BrN3O2/c20-15-10-16-17(22-19(25)18(24)21-16)14-11-23(9-7-13(14)15)8-6-12-4-2-1-3-5-12/h1-5,10H,6-9,11H2,(H,21,24)(H,22,25). The summed E-state index contributed by atoms with van der Waals surface area (Å²) in [5, 5.41) is 0. The first-order valence-electron chi connectivity index (χ1n) is 8.34. The second-order valence-corrected chi connectivity index (χ2v) is 7.26. The Balaban J connectivity index is 1.66. The first-order chi connectivity index (χ1) is 12.1.